The Hall–Kier alpha value is -0.870. The number of carboxylic acid groups (broad SMARTS) is 1. The first kappa shape index (κ1) is 9.22. The van der Waals surface area contributed by atoms with Crippen LogP contribution in [0.15, 0.2) is 28.7 Å². The quantitative estimate of drug-likeness (QED) is 0.809. The summed E-state index contributed by atoms with van der Waals surface area (Å²) in [5.41, 5.74) is 6.00. The molecule has 1 atom stereocenters. The first-order valence-corrected chi connectivity index (χ1v) is 4.15. The van der Waals surface area contributed by atoms with E-state index < -0.39 is 12.0 Å². The van der Waals surface area contributed by atoms with E-state index >= 15 is 0 Å². The lowest BCUT2D eigenvalue weighted by atomic mass is 10.1. The zero-order valence-corrected chi connectivity index (χ0v) is 7.78. The Balaban J connectivity index is 3.02. The molecule has 1 aromatic rings. The van der Waals surface area contributed by atoms with E-state index in [0.29, 0.717) is 5.56 Å². The van der Waals surface area contributed by atoms with Crippen molar-refractivity contribution in [1.82, 2.24) is 0 Å². The van der Waals surface area contributed by atoms with Gasteiger partial charge in [0, 0.05) is 4.47 Å². The molecular weight excluding hydrogens is 222 g/mol. The van der Waals surface area contributed by atoms with Gasteiger partial charge in [-0.05, 0) is 11.6 Å². The van der Waals surface area contributed by atoms with E-state index in [1.54, 1.807) is 18.2 Å². The van der Waals surface area contributed by atoms with Crippen LogP contribution < -0.4 is 5.73 Å². The molecular formula is C8H8BrNO2. The highest BCUT2D eigenvalue weighted by Crippen LogP contribution is 2.21. The molecule has 3 nitrogen and oxygen atoms in total. The second kappa shape index (κ2) is 3.69. The lowest BCUT2D eigenvalue weighted by Crippen LogP contribution is -2.20. The van der Waals surface area contributed by atoms with Gasteiger partial charge < -0.3 is 10.8 Å². The Morgan fingerprint density at radius 3 is 2.58 bits per heavy atom. The Morgan fingerprint density at radius 1 is 1.50 bits per heavy atom. The average Bonchev–Trinajstić information content (AvgIpc) is 2.04. The highest BCUT2D eigenvalue weighted by Gasteiger charge is 2.15. The predicted octanol–water partition coefficient (Wildman–Crippen LogP) is 1.53. The summed E-state index contributed by atoms with van der Waals surface area (Å²) in [5.74, 6) is -1.03. The van der Waals surface area contributed by atoms with Crippen molar-refractivity contribution in [3.05, 3.63) is 34.3 Å². The minimum absolute atomic E-state index is 0.588. The van der Waals surface area contributed by atoms with Crippen LogP contribution in [0.4, 0.5) is 0 Å². The van der Waals surface area contributed by atoms with Crippen LogP contribution in [0.5, 0.6) is 0 Å². The molecule has 0 spiro atoms. The molecule has 4 heteroatoms. The summed E-state index contributed by atoms with van der Waals surface area (Å²) in [6.07, 6.45) is 0. The number of halogens is 1. The van der Waals surface area contributed by atoms with Crippen LogP contribution in [0.1, 0.15) is 11.6 Å². The molecule has 0 aromatic heterocycles. The van der Waals surface area contributed by atoms with Gasteiger partial charge in [0.15, 0.2) is 0 Å². The third-order valence-electron chi connectivity index (χ3n) is 1.51. The lowest BCUT2D eigenvalue weighted by Gasteiger charge is -2.07. The average molecular weight is 230 g/mol. The van der Waals surface area contributed by atoms with Crippen LogP contribution in [0.25, 0.3) is 0 Å². The number of hydrogen-bond acceptors (Lipinski definition) is 2. The molecule has 12 heavy (non-hydrogen) atoms. The molecule has 64 valence electrons. The number of rotatable bonds is 2. The van der Waals surface area contributed by atoms with E-state index in [1.165, 1.54) is 0 Å². The standard InChI is InChI=1S/C8H8BrNO2/c9-6-4-2-1-3-5(6)7(10)8(11)12/h1-4,7H,10H2,(H,11,12)/t7-/m1/s1. The molecule has 0 heterocycles. The van der Waals surface area contributed by atoms with Crippen molar-refractivity contribution in [1.29, 1.82) is 0 Å². The summed E-state index contributed by atoms with van der Waals surface area (Å²) >= 11 is 3.22. The fraction of sp³-hybridized carbons (Fsp3) is 0.125. The van der Waals surface area contributed by atoms with Gasteiger partial charge in [-0.2, -0.15) is 0 Å². The van der Waals surface area contributed by atoms with Crippen molar-refractivity contribution < 1.29 is 9.90 Å². The van der Waals surface area contributed by atoms with E-state index in [1.807, 2.05) is 6.07 Å². The van der Waals surface area contributed by atoms with Crippen LogP contribution in [-0.4, -0.2) is 11.1 Å². The van der Waals surface area contributed by atoms with Crippen LogP contribution >= 0.6 is 15.9 Å². The largest absolute Gasteiger partial charge is 0.480 e. The van der Waals surface area contributed by atoms with Gasteiger partial charge >= 0.3 is 5.97 Å². The van der Waals surface area contributed by atoms with Gasteiger partial charge in [0.2, 0.25) is 0 Å². The van der Waals surface area contributed by atoms with Crippen molar-refractivity contribution in [3.63, 3.8) is 0 Å². The summed E-state index contributed by atoms with van der Waals surface area (Å²) in [7, 11) is 0. The number of benzene rings is 1. The monoisotopic (exact) mass is 229 g/mol. The number of hydrogen-bond donors (Lipinski definition) is 2. The van der Waals surface area contributed by atoms with E-state index in [2.05, 4.69) is 15.9 Å². The van der Waals surface area contributed by atoms with Crippen molar-refractivity contribution >= 4 is 21.9 Å². The van der Waals surface area contributed by atoms with Crippen molar-refractivity contribution in [3.8, 4) is 0 Å². The second-order valence-electron chi connectivity index (χ2n) is 2.34. The van der Waals surface area contributed by atoms with Crippen molar-refractivity contribution in [2.24, 2.45) is 5.73 Å². The summed E-state index contributed by atoms with van der Waals surface area (Å²) in [6.45, 7) is 0. The lowest BCUT2D eigenvalue weighted by molar-refractivity contribution is -0.138. The third-order valence-corrected chi connectivity index (χ3v) is 2.23. The predicted molar refractivity (Wildman–Crippen MR) is 48.7 cm³/mol. The summed E-state index contributed by atoms with van der Waals surface area (Å²) < 4.78 is 0.722. The molecule has 0 aliphatic rings. The first-order chi connectivity index (χ1) is 5.63. The fourth-order valence-corrected chi connectivity index (χ4v) is 1.39. The van der Waals surface area contributed by atoms with Crippen LogP contribution in [0.3, 0.4) is 0 Å². The normalized spacial score (nSPS) is 12.5. The summed E-state index contributed by atoms with van der Waals surface area (Å²) in [5, 5.41) is 8.61. The molecule has 3 N–H and O–H groups in total. The molecule has 0 radical (unpaired) electrons. The number of carbonyl (C=O) groups is 1. The molecule has 0 unspecified atom stereocenters. The SMILES string of the molecule is N[C@@H](C(=O)O)c1ccccc1Br. The topological polar surface area (TPSA) is 63.3 Å². The van der Waals surface area contributed by atoms with Gasteiger partial charge in [0.1, 0.15) is 6.04 Å². The maximum atomic E-state index is 10.5. The molecule has 0 aliphatic heterocycles. The van der Waals surface area contributed by atoms with Gasteiger partial charge in [0.05, 0.1) is 0 Å². The molecule has 0 aliphatic carbocycles. The zero-order valence-electron chi connectivity index (χ0n) is 6.20. The zero-order chi connectivity index (χ0) is 9.14. The molecule has 1 aromatic carbocycles. The Bertz CT molecular complexity index is 301. The van der Waals surface area contributed by atoms with Gasteiger partial charge in [-0.3, -0.25) is 4.79 Å². The molecule has 0 amide bonds. The van der Waals surface area contributed by atoms with Gasteiger partial charge in [-0.25, -0.2) is 0 Å². The van der Waals surface area contributed by atoms with Crippen LogP contribution in [0.2, 0.25) is 0 Å². The Labute approximate surface area is 78.3 Å². The molecule has 0 saturated carbocycles. The van der Waals surface area contributed by atoms with Crippen molar-refractivity contribution in [2.75, 3.05) is 0 Å². The smallest absolute Gasteiger partial charge is 0.325 e. The highest BCUT2D eigenvalue weighted by atomic mass is 79.9. The van der Waals surface area contributed by atoms with Crippen LogP contribution in [0, 0.1) is 0 Å². The van der Waals surface area contributed by atoms with Gasteiger partial charge in [0.25, 0.3) is 0 Å². The number of carboxylic acids is 1. The van der Waals surface area contributed by atoms with E-state index in [0.717, 1.165) is 4.47 Å². The maximum Gasteiger partial charge on any atom is 0.325 e. The molecule has 0 bridgehead atoms. The van der Waals surface area contributed by atoms with Gasteiger partial charge in [-0.1, -0.05) is 34.1 Å². The summed E-state index contributed by atoms with van der Waals surface area (Å²) in [4.78, 5) is 10.5. The first-order valence-electron chi connectivity index (χ1n) is 3.35. The fourth-order valence-electron chi connectivity index (χ4n) is 0.860. The minimum atomic E-state index is -1.03. The second-order valence-corrected chi connectivity index (χ2v) is 3.19. The van der Waals surface area contributed by atoms with Crippen LogP contribution in [-0.2, 0) is 4.79 Å². The number of nitrogens with two attached hydrogens (primary N) is 1. The van der Waals surface area contributed by atoms with E-state index in [9.17, 15) is 4.79 Å². The van der Waals surface area contributed by atoms with E-state index in [4.69, 9.17) is 10.8 Å². The van der Waals surface area contributed by atoms with Crippen molar-refractivity contribution in [2.45, 2.75) is 6.04 Å². The molecule has 0 fully saturated rings. The third kappa shape index (κ3) is 1.84. The molecule has 1 rings (SSSR count). The highest BCUT2D eigenvalue weighted by molar-refractivity contribution is 9.10. The molecule has 0 saturated heterocycles. The van der Waals surface area contributed by atoms with Gasteiger partial charge in [-0.15, -0.1) is 0 Å². The number of aliphatic carboxylic acids is 1. The minimum Gasteiger partial charge on any atom is -0.480 e. The maximum absolute atomic E-state index is 10.5. The Kier molecular flexibility index (Phi) is 2.83. The Morgan fingerprint density at radius 2 is 2.08 bits per heavy atom. The summed E-state index contributed by atoms with van der Waals surface area (Å²) in [6, 6.07) is 6.05. The van der Waals surface area contributed by atoms with E-state index in [-0.39, 0.29) is 0 Å².